The average molecular weight is 465 g/mol. The third-order valence-corrected chi connectivity index (χ3v) is 6.28. The largest absolute Gasteiger partial charge is 0.354 e. The highest BCUT2D eigenvalue weighted by Crippen LogP contribution is 2.32. The van der Waals surface area contributed by atoms with Gasteiger partial charge in [-0.05, 0) is 36.5 Å². The lowest BCUT2D eigenvalue weighted by Gasteiger charge is -2.37. The first-order valence-electron chi connectivity index (χ1n) is 11.3. The van der Waals surface area contributed by atoms with E-state index in [2.05, 4.69) is 39.3 Å². The molecule has 0 spiro atoms. The van der Waals surface area contributed by atoms with E-state index in [9.17, 15) is 10.1 Å². The van der Waals surface area contributed by atoms with Crippen molar-refractivity contribution in [3.63, 3.8) is 0 Å². The molecule has 4 aromatic rings. The number of nitrogens with zero attached hydrogens (tertiary/aromatic N) is 7. The molecule has 0 aliphatic carbocycles. The lowest BCUT2D eigenvalue weighted by molar-refractivity contribution is -0.116. The van der Waals surface area contributed by atoms with E-state index in [4.69, 9.17) is 11.4 Å². The van der Waals surface area contributed by atoms with Gasteiger partial charge in [-0.3, -0.25) is 9.48 Å². The minimum absolute atomic E-state index is 0.0236. The summed E-state index contributed by atoms with van der Waals surface area (Å²) in [5, 5.41) is 21.2. The van der Waals surface area contributed by atoms with E-state index < -0.39 is 0 Å². The standard InChI is InChI=1S/C26H24N8O/c1-4-25(35)31-22-7-17(2)13-33(16-22)24-6-5-18(10-28-24)23-8-19(21-12-29-32(3)14-21)15-34-26(23)20(9-27)11-30-34/h1,5-6,8,10-12,14-15,17,22H,7,13,16H2,2-3H3,(H,31,35). The Labute approximate surface area is 203 Å². The number of nitrogens with one attached hydrogen (secondary N) is 1. The summed E-state index contributed by atoms with van der Waals surface area (Å²) in [6.45, 7) is 3.64. The molecule has 174 valence electrons. The van der Waals surface area contributed by atoms with Crippen LogP contribution in [0.5, 0.6) is 0 Å². The van der Waals surface area contributed by atoms with Crippen LogP contribution < -0.4 is 10.2 Å². The second-order valence-corrected chi connectivity index (χ2v) is 8.97. The van der Waals surface area contributed by atoms with Gasteiger partial charge in [0.1, 0.15) is 11.9 Å². The first kappa shape index (κ1) is 22.2. The molecule has 9 nitrogen and oxygen atoms in total. The number of carbonyl (C=O) groups excluding carboxylic acids is 1. The summed E-state index contributed by atoms with van der Waals surface area (Å²) < 4.78 is 3.48. The molecule has 1 N–H and O–H groups in total. The van der Waals surface area contributed by atoms with Gasteiger partial charge in [0.25, 0.3) is 5.91 Å². The number of aryl methyl sites for hydroxylation is 1. The zero-order valence-corrected chi connectivity index (χ0v) is 19.5. The normalized spacial score (nSPS) is 17.7. The highest BCUT2D eigenvalue weighted by Gasteiger charge is 2.26. The van der Waals surface area contributed by atoms with Gasteiger partial charge in [0.2, 0.25) is 0 Å². The SMILES string of the molecule is C#CC(=O)NC1CC(C)CN(c2ccc(-c3cc(-c4cnn(C)c4)cn4ncc(C#N)c34)cn2)C1. The number of terminal acetylenes is 1. The third kappa shape index (κ3) is 4.32. The van der Waals surface area contributed by atoms with Gasteiger partial charge in [-0.15, -0.1) is 6.42 Å². The topological polar surface area (TPSA) is 104 Å². The lowest BCUT2D eigenvalue weighted by Crippen LogP contribution is -2.50. The number of rotatable bonds is 4. The second kappa shape index (κ2) is 8.96. The summed E-state index contributed by atoms with van der Waals surface area (Å²) in [7, 11) is 1.87. The molecule has 2 unspecified atom stereocenters. The van der Waals surface area contributed by atoms with Crippen LogP contribution in [0.1, 0.15) is 18.9 Å². The fraction of sp³-hybridized carbons (Fsp3) is 0.269. The molecule has 0 aromatic carbocycles. The fourth-order valence-corrected chi connectivity index (χ4v) is 4.75. The van der Waals surface area contributed by atoms with Gasteiger partial charge in [-0.25, -0.2) is 9.50 Å². The van der Waals surface area contributed by atoms with Crippen molar-refractivity contribution >= 4 is 17.2 Å². The number of nitriles is 1. The Hall–Kier alpha value is -4.63. The van der Waals surface area contributed by atoms with Crippen LogP contribution in [0.2, 0.25) is 0 Å². The maximum absolute atomic E-state index is 11.7. The first-order chi connectivity index (χ1) is 16.9. The van der Waals surface area contributed by atoms with Crippen molar-refractivity contribution < 1.29 is 4.79 Å². The van der Waals surface area contributed by atoms with Crippen LogP contribution in [0, 0.1) is 29.6 Å². The van der Waals surface area contributed by atoms with Crippen molar-refractivity contribution in [3.05, 3.63) is 54.7 Å². The molecular formula is C26H24N8O. The molecule has 0 bridgehead atoms. The quantitative estimate of drug-likeness (QED) is 0.466. The minimum Gasteiger partial charge on any atom is -0.354 e. The number of piperidine rings is 1. The monoisotopic (exact) mass is 464 g/mol. The van der Waals surface area contributed by atoms with Gasteiger partial charge in [0.15, 0.2) is 0 Å². The van der Waals surface area contributed by atoms with E-state index in [1.807, 2.05) is 43.8 Å². The number of anilines is 1. The molecule has 1 amide bonds. The van der Waals surface area contributed by atoms with Crippen molar-refractivity contribution in [2.45, 2.75) is 19.4 Å². The van der Waals surface area contributed by atoms with Gasteiger partial charge in [0, 0.05) is 67.0 Å². The van der Waals surface area contributed by atoms with Gasteiger partial charge >= 0.3 is 0 Å². The Kier molecular flexibility index (Phi) is 5.68. The Morgan fingerprint density at radius 3 is 2.69 bits per heavy atom. The molecule has 35 heavy (non-hydrogen) atoms. The van der Waals surface area contributed by atoms with E-state index in [0.29, 0.717) is 18.0 Å². The van der Waals surface area contributed by atoms with E-state index in [1.54, 1.807) is 21.6 Å². The summed E-state index contributed by atoms with van der Waals surface area (Å²) in [5.41, 5.74) is 4.87. The molecule has 9 heteroatoms. The van der Waals surface area contributed by atoms with E-state index >= 15 is 0 Å². The van der Waals surface area contributed by atoms with E-state index in [1.165, 1.54) is 0 Å². The number of aromatic nitrogens is 5. The van der Waals surface area contributed by atoms with E-state index in [0.717, 1.165) is 46.6 Å². The van der Waals surface area contributed by atoms with Gasteiger partial charge in [-0.2, -0.15) is 15.5 Å². The summed E-state index contributed by atoms with van der Waals surface area (Å²) in [5.74, 6) is 2.95. The summed E-state index contributed by atoms with van der Waals surface area (Å²) >= 11 is 0. The van der Waals surface area contributed by atoms with Crippen molar-refractivity contribution in [2.75, 3.05) is 18.0 Å². The Balaban J connectivity index is 1.50. The van der Waals surface area contributed by atoms with E-state index in [-0.39, 0.29) is 11.9 Å². The Morgan fingerprint density at radius 1 is 1.14 bits per heavy atom. The number of pyridine rings is 2. The summed E-state index contributed by atoms with van der Waals surface area (Å²) in [6.07, 6.45) is 15.1. The molecule has 1 aliphatic heterocycles. The number of hydrogen-bond donors (Lipinski definition) is 1. The fourth-order valence-electron chi connectivity index (χ4n) is 4.75. The predicted octanol–water partition coefficient (Wildman–Crippen LogP) is 2.63. The zero-order chi connectivity index (χ0) is 24.5. The van der Waals surface area contributed by atoms with Crippen LogP contribution in [-0.4, -0.2) is 49.4 Å². The van der Waals surface area contributed by atoms with Crippen LogP contribution in [0.3, 0.4) is 0 Å². The molecule has 0 radical (unpaired) electrons. The van der Waals surface area contributed by atoms with Crippen LogP contribution >= 0.6 is 0 Å². The predicted molar refractivity (Wildman–Crippen MR) is 132 cm³/mol. The molecule has 5 rings (SSSR count). The molecule has 1 aliphatic rings. The molecule has 2 atom stereocenters. The zero-order valence-electron chi connectivity index (χ0n) is 19.5. The molecule has 1 fully saturated rings. The summed E-state index contributed by atoms with van der Waals surface area (Å²) in [4.78, 5) is 18.6. The number of fused-ring (bicyclic) bond motifs is 1. The Bertz CT molecular complexity index is 1480. The van der Waals surface area contributed by atoms with Crippen LogP contribution in [-0.2, 0) is 11.8 Å². The Morgan fingerprint density at radius 2 is 2.00 bits per heavy atom. The molecular weight excluding hydrogens is 440 g/mol. The maximum atomic E-state index is 11.7. The molecule has 0 saturated carbocycles. The average Bonchev–Trinajstić information content (AvgIpc) is 3.49. The van der Waals surface area contributed by atoms with Crippen molar-refractivity contribution in [1.29, 1.82) is 5.26 Å². The number of amides is 1. The highest BCUT2D eigenvalue weighted by atomic mass is 16.1. The smallest absolute Gasteiger partial charge is 0.295 e. The summed E-state index contributed by atoms with van der Waals surface area (Å²) in [6, 6.07) is 8.24. The highest BCUT2D eigenvalue weighted by molar-refractivity contribution is 5.93. The van der Waals surface area contributed by atoms with Gasteiger partial charge < -0.3 is 10.2 Å². The second-order valence-electron chi connectivity index (χ2n) is 8.97. The molecule has 4 aromatic heterocycles. The van der Waals surface area contributed by atoms with Crippen LogP contribution in [0.25, 0.3) is 27.8 Å². The van der Waals surface area contributed by atoms with Gasteiger partial charge in [-0.1, -0.05) is 6.92 Å². The van der Waals surface area contributed by atoms with Crippen molar-refractivity contribution in [2.24, 2.45) is 13.0 Å². The number of hydrogen-bond acceptors (Lipinski definition) is 6. The van der Waals surface area contributed by atoms with Crippen LogP contribution in [0.15, 0.2) is 49.2 Å². The van der Waals surface area contributed by atoms with Crippen molar-refractivity contribution in [1.82, 2.24) is 29.7 Å². The third-order valence-electron chi connectivity index (χ3n) is 6.28. The minimum atomic E-state index is -0.390. The van der Waals surface area contributed by atoms with Crippen molar-refractivity contribution in [3.8, 4) is 40.7 Å². The lowest BCUT2D eigenvalue weighted by atomic mass is 9.95. The number of carbonyl (C=O) groups is 1. The molecule has 1 saturated heterocycles. The molecule has 5 heterocycles. The maximum Gasteiger partial charge on any atom is 0.295 e. The van der Waals surface area contributed by atoms with Gasteiger partial charge in [0.05, 0.1) is 23.5 Å². The first-order valence-corrected chi connectivity index (χ1v) is 11.3. The van der Waals surface area contributed by atoms with Crippen LogP contribution in [0.4, 0.5) is 5.82 Å².